The van der Waals surface area contributed by atoms with E-state index < -0.39 is 39.9 Å². The normalized spacial score (nSPS) is 12.5. The third-order valence-electron chi connectivity index (χ3n) is 6.34. The van der Waals surface area contributed by atoms with E-state index in [9.17, 15) is 22.4 Å². The zero-order valence-electron chi connectivity index (χ0n) is 23.9. The summed E-state index contributed by atoms with van der Waals surface area (Å²) in [6, 6.07) is 19.4. The molecule has 0 aliphatic rings. The highest BCUT2D eigenvalue weighted by Gasteiger charge is 2.34. The van der Waals surface area contributed by atoms with Crippen molar-refractivity contribution in [2.45, 2.75) is 59.2 Å². The van der Waals surface area contributed by atoms with Crippen LogP contribution in [0.5, 0.6) is 0 Å². The lowest BCUT2D eigenvalue weighted by Gasteiger charge is -2.35. The number of nitrogens with zero attached hydrogens (tertiary/aromatic N) is 2. The van der Waals surface area contributed by atoms with Crippen LogP contribution in [0.15, 0.2) is 72.8 Å². The topological polar surface area (TPSA) is 86.8 Å². The Morgan fingerprint density at radius 3 is 2.10 bits per heavy atom. The molecule has 2 amide bonds. The number of hydrogen-bond donors (Lipinski definition) is 1. The molecule has 0 saturated carbocycles. The van der Waals surface area contributed by atoms with E-state index in [1.54, 1.807) is 31.2 Å². The number of nitrogens with one attached hydrogen (secondary N) is 1. The molecule has 0 aromatic heterocycles. The minimum absolute atomic E-state index is 0.0152. The summed E-state index contributed by atoms with van der Waals surface area (Å²) in [4.78, 5) is 29.2. The molecule has 3 aromatic carbocycles. The predicted molar refractivity (Wildman–Crippen MR) is 157 cm³/mol. The number of amides is 2. The van der Waals surface area contributed by atoms with Crippen LogP contribution < -0.4 is 9.62 Å². The second-order valence-electron chi connectivity index (χ2n) is 11.2. The van der Waals surface area contributed by atoms with Gasteiger partial charge < -0.3 is 10.2 Å². The van der Waals surface area contributed by atoms with E-state index in [-0.39, 0.29) is 18.9 Å². The van der Waals surface area contributed by atoms with Crippen molar-refractivity contribution in [1.29, 1.82) is 0 Å². The van der Waals surface area contributed by atoms with E-state index in [0.717, 1.165) is 21.7 Å². The van der Waals surface area contributed by atoms with Gasteiger partial charge in [0.2, 0.25) is 21.8 Å². The van der Waals surface area contributed by atoms with Gasteiger partial charge in [-0.25, -0.2) is 12.8 Å². The van der Waals surface area contributed by atoms with Crippen molar-refractivity contribution in [2.75, 3.05) is 17.1 Å². The highest BCUT2D eigenvalue weighted by molar-refractivity contribution is 7.92. The first-order valence-electron chi connectivity index (χ1n) is 13.1. The van der Waals surface area contributed by atoms with Gasteiger partial charge in [-0.05, 0) is 69.5 Å². The average Bonchev–Trinajstić information content (AvgIpc) is 2.85. The summed E-state index contributed by atoms with van der Waals surface area (Å²) in [5, 5.41) is 2.98. The molecule has 1 unspecified atom stereocenters. The van der Waals surface area contributed by atoms with Gasteiger partial charge in [0, 0.05) is 18.5 Å². The number of rotatable bonds is 10. The molecule has 0 aliphatic carbocycles. The van der Waals surface area contributed by atoms with Gasteiger partial charge in [-0.1, -0.05) is 60.2 Å². The van der Waals surface area contributed by atoms with Gasteiger partial charge in [0.15, 0.2) is 0 Å². The summed E-state index contributed by atoms with van der Waals surface area (Å²) in [5.41, 5.74) is 2.92. The fraction of sp³-hybridized carbons (Fsp3) is 0.355. The van der Waals surface area contributed by atoms with E-state index in [2.05, 4.69) is 5.32 Å². The number of carbonyl (C=O) groups excluding carboxylic acids is 2. The zero-order chi connectivity index (χ0) is 29.7. The van der Waals surface area contributed by atoms with E-state index in [0.29, 0.717) is 16.8 Å². The Kier molecular flexibility index (Phi) is 9.73. The van der Waals surface area contributed by atoms with Gasteiger partial charge in [0.1, 0.15) is 18.4 Å². The second kappa shape index (κ2) is 12.6. The van der Waals surface area contributed by atoms with E-state index in [1.165, 1.54) is 17.0 Å². The molecule has 0 bridgehead atoms. The first-order chi connectivity index (χ1) is 18.6. The number of sulfonamides is 1. The number of carbonyl (C=O) groups is 2. The molecule has 9 heteroatoms. The molecule has 1 N–H and O–H groups in total. The Morgan fingerprint density at radius 2 is 1.55 bits per heavy atom. The molecule has 40 heavy (non-hydrogen) atoms. The third kappa shape index (κ3) is 8.64. The van der Waals surface area contributed by atoms with Gasteiger partial charge in [-0.15, -0.1) is 0 Å². The third-order valence-corrected chi connectivity index (χ3v) is 7.46. The van der Waals surface area contributed by atoms with Crippen LogP contribution in [0.1, 0.15) is 43.0 Å². The fourth-order valence-electron chi connectivity index (χ4n) is 4.47. The fourth-order valence-corrected chi connectivity index (χ4v) is 5.38. The molecule has 0 spiro atoms. The molecule has 3 rings (SSSR count). The minimum Gasteiger partial charge on any atom is -0.350 e. The first-order valence-corrected chi connectivity index (χ1v) is 14.9. The lowest BCUT2D eigenvalue weighted by Crippen LogP contribution is -2.56. The quantitative estimate of drug-likeness (QED) is 0.383. The molecule has 0 heterocycles. The maximum atomic E-state index is 14.1. The van der Waals surface area contributed by atoms with Crippen molar-refractivity contribution in [3.8, 4) is 0 Å². The standard InChI is InChI=1S/C31H38FN3O4S/c1-22-12-17-27(23(2)18-22)35(40(6,38)39)21-29(36)34(20-25-13-15-26(32)16-14-25)28(30(37)33-31(3,4)5)19-24-10-8-7-9-11-24/h7-18,28H,19-21H2,1-6H3,(H,33,37). The summed E-state index contributed by atoms with van der Waals surface area (Å²) in [6.07, 6.45) is 1.26. The van der Waals surface area contributed by atoms with Crippen molar-refractivity contribution < 1.29 is 22.4 Å². The number of benzene rings is 3. The zero-order valence-corrected chi connectivity index (χ0v) is 24.8. The maximum Gasteiger partial charge on any atom is 0.244 e. The van der Waals surface area contributed by atoms with Gasteiger partial charge >= 0.3 is 0 Å². The highest BCUT2D eigenvalue weighted by Crippen LogP contribution is 2.25. The number of halogens is 1. The summed E-state index contributed by atoms with van der Waals surface area (Å²) < 4.78 is 40.6. The Morgan fingerprint density at radius 1 is 0.925 bits per heavy atom. The highest BCUT2D eigenvalue weighted by atomic mass is 32.2. The van der Waals surface area contributed by atoms with Crippen molar-refractivity contribution in [3.63, 3.8) is 0 Å². The molecule has 214 valence electrons. The van der Waals surface area contributed by atoms with Crippen LogP contribution in [0.2, 0.25) is 0 Å². The monoisotopic (exact) mass is 567 g/mol. The van der Waals surface area contributed by atoms with E-state index >= 15 is 0 Å². The summed E-state index contributed by atoms with van der Waals surface area (Å²) in [5.74, 6) is -1.35. The molecule has 0 fully saturated rings. The maximum absolute atomic E-state index is 14.1. The lowest BCUT2D eigenvalue weighted by atomic mass is 10.0. The van der Waals surface area contributed by atoms with Crippen LogP contribution in [-0.2, 0) is 32.6 Å². The van der Waals surface area contributed by atoms with Crippen LogP contribution in [-0.4, -0.2) is 49.5 Å². The molecule has 0 saturated heterocycles. The summed E-state index contributed by atoms with van der Waals surface area (Å²) >= 11 is 0. The van der Waals surface area contributed by atoms with Crippen molar-refractivity contribution in [1.82, 2.24) is 10.2 Å². The van der Waals surface area contributed by atoms with Gasteiger partial charge in [0.25, 0.3) is 0 Å². The largest absolute Gasteiger partial charge is 0.350 e. The van der Waals surface area contributed by atoms with Gasteiger partial charge in [-0.2, -0.15) is 0 Å². The lowest BCUT2D eigenvalue weighted by molar-refractivity contribution is -0.140. The summed E-state index contributed by atoms with van der Waals surface area (Å²) in [6.45, 7) is 8.72. The Hall–Kier alpha value is -3.72. The van der Waals surface area contributed by atoms with Crippen LogP contribution in [0.3, 0.4) is 0 Å². The average molecular weight is 568 g/mol. The van der Waals surface area contributed by atoms with Crippen molar-refractivity contribution >= 4 is 27.5 Å². The summed E-state index contributed by atoms with van der Waals surface area (Å²) in [7, 11) is -3.86. The first kappa shape index (κ1) is 30.8. The number of aryl methyl sites for hydroxylation is 2. The minimum atomic E-state index is -3.86. The van der Waals surface area contributed by atoms with Crippen molar-refractivity contribution in [2.24, 2.45) is 0 Å². The molecule has 0 radical (unpaired) electrons. The number of anilines is 1. The second-order valence-corrected chi connectivity index (χ2v) is 13.1. The van der Waals surface area contributed by atoms with Crippen LogP contribution in [0, 0.1) is 19.7 Å². The van der Waals surface area contributed by atoms with Crippen LogP contribution in [0.4, 0.5) is 10.1 Å². The molecule has 7 nitrogen and oxygen atoms in total. The Balaban J connectivity index is 2.09. The van der Waals surface area contributed by atoms with Crippen LogP contribution >= 0.6 is 0 Å². The molecule has 3 aromatic rings. The Bertz CT molecular complexity index is 1440. The van der Waals surface area contributed by atoms with Crippen molar-refractivity contribution in [3.05, 3.63) is 101 Å². The molecular weight excluding hydrogens is 529 g/mol. The smallest absolute Gasteiger partial charge is 0.244 e. The van der Waals surface area contributed by atoms with E-state index in [4.69, 9.17) is 0 Å². The number of hydrogen-bond acceptors (Lipinski definition) is 4. The van der Waals surface area contributed by atoms with Gasteiger partial charge in [0.05, 0.1) is 11.9 Å². The Labute approximate surface area is 237 Å². The molecule has 0 aliphatic heterocycles. The molecular formula is C31H38FN3O4S. The molecule has 1 atom stereocenters. The SMILES string of the molecule is Cc1ccc(N(CC(=O)N(Cc2ccc(F)cc2)C(Cc2ccccc2)C(=O)NC(C)(C)C)S(C)(=O)=O)c(C)c1. The predicted octanol–water partition coefficient (Wildman–Crippen LogP) is 4.76. The van der Waals surface area contributed by atoms with Crippen LogP contribution in [0.25, 0.3) is 0 Å². The van der Waals surface area contributed by atoms with Gasteiger partial charge in [-0.3, -0.25) is 13.9 Å². The van der Waals surface area contributed by atoms with E-state index in [1.807, 2.05) is 64.1 Å².